The molecule has 162 valence electrons. The first kappa shape index (κ1) is 21.7. The molecule has 4 rings (SSSR count). The molecule has 1 atom stereocenters. The maximum absolute atomic E-state index is 13.3. The Kier molecular flexibility index (Phi) is 7.10. The van der Waals surface area contributed by atoms with E-state index in [0.717, 1.165) is 53.8 Å². The predicted molar refractivity (Wildman–Crippen MR) is 125 cm³/mol. The van der Waals surface area contributed by atoms with Crippen LogP contribution in [0.1, 0.15) is 29.8 Å². The molecule has 1 saturated heterocycles. The molecule has 2 heterocycles. The van der Waals surface area contributed by atoms with Crippen LogP contribution in [0.2, 0.25) is 0 Å². The van der Waals surface area contributed by atoms with Crippen LogP contribution in [0.3, 0.4) is 0 Å². The van der Waals surface area contributed by atoms with Crippen molar-refractivity contribution in [3.63, 3.8) is 0 Å². The number of benzene rings is 2. The Morgan fingerprint density at radius 1 is 1.13 bits per heavy atom. The van der Waals surface area contributed by atoms with Gasteiger partial charge in [0.25, 0.3) is 0 Å². The highest BCUT2D eigenvalue weighted by Gasteiger charge is 2.22. The van der Waals surface area contributed by atoms with Crippen LogP contribution in [0, 0.1) is 13.8 Å². The van der Waals surface area contributed by atoms with Gasteiger partial charge in [-0.05, 0) is 44.4 Å². The second-order valence-corrected chi connectivity index (χ2v) is 8.84. The maximum Gasteiger partial charge on any atom is 0.237 e. The lowest BCUT2D eigenvalue weighted by Crippen LogP contribution is -2.32. The molecular weight excluding hydrogens is 406 g/mol. The van der Waals surface area contributed by atoms with Crippen molar-refractivity contribution in [3.8, 4) is 0 Å². The number of rotatable bonds is 8. The molecule has 1 amide bonds. The van der Waals surface area contributed by atoms with Crippen molar-refractivity contribution in [2.24, 2.45) is 0 Å². The number of amides is 1. The van der Waals surface area contributed by atoms with E-state index in [0.29, 0.717) is 12.3 Å². The molecule has 0 bridgehead atoms. The standard InChI is InChI=1S/C25H29N3O2S/c1-19-20(2)27(17-23-14-9-15-30-23)25(26-19)31-18-24(29)28(22-12-7-4-8-13-22)16-21-10-5-3-6-11-21/h3-8,10-13,23H,9,14-18H2,1-2H3/t23-/m1/s1. The average molecular weight is 436 g/mol. The van der Waals surface area contributed by atoms with E-state index in [-0.39, 0.29) is 12.0 Å². The molecule has 3 aromatic rings. The third-order valence-corrected chi connectivity index (χ3v) is 6.67. The minimum Gasteiger partial charge on any atom is -0.376 e. The molecule has 1 aliphatic heterocycles. The molecule has 2 aromatic carbocycles. The van der Waals surface area contributed by atoms with Crippen molar-refractivity contribution in [1.82, 2.24) is 9.55 Å². The summed E-state index contributed by atoms with van der Waals surface area (Å²) in [4.78, 5) is 19.9. The summed E-state index contributed by atoms with van der Waals surface area (Å²) in [6.07, 6.45) is 2.43. The minimum absolute atomic E-state index is 0.0713. The Morgan fingerprint density at radius 3 is 2.52 bits per heavy atom. The van der Waals surface area contributed by atoms with E-state index in [9.17, 15) is 4.79 Å². The second kappa shape index (κ2) is 10.2. The summed E-state index contributed by atoms with van der Waals surface area (Å²) in [6.45, 7) is 6.31. The summed E-state index contributed by atoms with van der Waals surface area (Å²) in [5, 5.41) is 0.895. The zero-order valence-corrected chi connectivity index (χ0v) is 19.0. The van der Waals surface area contributed by atoms with Crippen molar-refractivity contribution < 1.29 is 9.53 Å². The third-order valence-electron chi connectivity index (χ3n) is 5.71. The van der Waals surface area contributed by atoms with Gasteiger partial charge >= 0.3 is 0 Å². The number of carbonyl (C=O) groups excluding carboxylic acids is 1. The van der Waals surface area contributed by atoms with Gasteiger partial charge in [0.15, 0.2) is 5.16 Å². The second-order valence-electron chi connectivity index (χ2n) is 7.90. The van der Waals surface area contributed by atoms with Crippen LogP contribution in [0.25, 0.3) is 0 Å². The monoisotopic (exact) mass is 435 g/mol. The summed E-state index contributed by atoms with van der Waals surface area (Å²) < 4.78 is 8.05. The first-order chi connectivity index (χ1) is 15.1. The van der Waals surface area contributed by atoms with E-state index >= 15 is 0 Å². The lowest BCUT2D eigenvalue weighted by molar-refractivity contribution is -0.116. The van der Waals surface area contributed by atoms with Crippen LogP contribution in [0.15, 0.2) is 65.8 Å². The van der Waals surface area contributed by atoms with Gasteiger partial charge < -0.3 is 14.2 Å². The predicted octanol–water partition coefficient (Wildman–Crippen LogP) is 5.00. The van der Waals surface area contributed by atoms with E-state index in [1.807, 2.05) is 60.4 Å². The number of hydrogen-bond donors (Lipinski definition) is 0. The van der Waals surface area contributed by atoms with Gasteiger partial charge in [0.2, 0.25) is 5.91 Å². The van der Waals surface area contributed by atoms with E-state index in [1.54, 1.807) is 0 Å². The Labute approximate surface area is 188 Å². The number of thioether (sulfide) groups is 1. The Balaban J connectivity index is 1.49. The number of ether oxygens (including phenoxy) is 1. The molecule has 1 aromatic heterocycles. The van der Waals surface area contributed by atoms with E-state index in [2.05, 4.69) is 23.6 Å². The first-order valence-corrected chi connectivity index (χ1v) is 11.8. The number of anilines is 1. The minimum atomic E-state index is 0.0713. The SMILES string of the molecule is Cc1nc(SCC(=O)N(Cc2ccccc2)c2ccccc2)n(C[C@H]2CCCO2)c1C. The number of aryl methyl sites for hydroxylation is 1. The molecule has 0 aliphatic carbocycles. The van der Waals surface area contributed by atoms with Crippen LogP contribution < -0.4 is 4.90 Å². The van der Waals surface area contributed by atoms with E-state index in [4.69, 9.17) is 9.72 Å². The topological polar surface area (TPSA) is 47.4 Å². The summed E-state index contributed by atoms with van der Waals surface area (Å²) in [5.74, 6) is 0.408. The largest absolute Gasteiger partial charge is 0.376 e. The normalized spacial score (nSPS) is 15.9. The van der Waals surface area contributed by atoms with Gasteiger partial charge in [-0.25, -0.2) is 4.98 Å². The summed E-state index contributed by atoms with van der Waals surface area (Å²) in [7, 11) is 0. The van der Waals surface area contributed by atoms with Crippen molar-refractivity contribution in [2.75, 3.05) is 17.3 Å². The van der Waals surface area contributed by atoms with Crippen LogP contribution in [-0.4, -0.2) is 33.9 Å². The molecule has 0 unspecified atom stereocenters. The van der Waals surface area contributed by atoms with Gasteiger partial charge in [0.05, 0.1) is 30.6 Å². The van der Waals surface area contributed by atoms with Gasteiger partial charge in [-0.2, -0.15) is 0 Å². The van der Waals surface area contributed by atoms with Crippen LogP contribution in [-0.2, 0) is 22.6 Å². The van der Waals surface area contributed by atoms with Crippen molar-refractivity contribution in [3.05, 3.63) is 77.6 Å². The number of hydrogen-bond acceptors (Lipinski definition) is 4. The van der Waals surface area contributed by atoms with Gasteiger partial charge in [-0.1, -0.05) is 60.3 Å². The number of imidazole rings is 1. The summed E-state index contributed by atoms with van der Waals surface area (Å²) in [5.41, 5.74) is 4.18. The molecule has 31 heavy (non-hydrogen) atoms. The molecule has 0 saturated carbocycles. The van der Waals surface area contributed by atoms with Crippen molar-refractivity contribution in [1.29, 1.82) is 0 Å². The molecule has 0 radical (unpaired) electrons. The Bertz CT molecular complexity index is 998. The van der Waals surface area contributed by atoms with Gasteiger partial charge in [0.1, 0.15) is 0 Å². The van der Waals surface area contributed by atoms with E-state index in [1.165, 1.54) is 11.8 Å². The zero-order valence-electron chi connectivity index (χ0n) is 18.2. The summed E-state index contributed by atoms with van der Waals surface area (Å²) >= 11 is 1.51. The average Bonchev–Trinajstić information content (AvgIpc) is 3.41. The van der Waals surface area contributed by atoms with Crippen molar-refractivity contribution >= 4 is 23.4 Å². The van der Waals surface area contributed by atoms with Gasteiger partial charge in [0, 0.05) is 18.0 Å². The zero-order chi connectivity index (χ0) is 21.6. The first-order valence-electron chi connectivity index (χ1n) is 10.8. The van der Waals surface area contributed by atoms with Crippen LogP contribution >= 0.6 is 11.8 Å². The number of aromatic nitrogens is 2. The Morgan fingerprint density at radius 2 is 1.84 bits per heavy atom. The fourth-order valence-corrected chi connectivity index (χ4v) is 4.82. The third kappa shape index (κ3) is 5.38. The highest BCUT2D eigenvalue weighted by atomic mass is 32.2. The van der Waals surface area contributed by atoms with Crippen molar-refractivity contribution in [2.45, 2.75) is 51.0 Å². The van der Waals surface area contributed by atoms with Gasteiger partial charge in [-0.15, -0.1) is 0 Å². The quantitative estimate of drug-likeness (QED) is 0.467. The lowest BCUT2D eigenvalue weighted by Gasteiger charge is -2.23. The fraction of sp³-hybridized carbons (Fsp3) is 0.360. The highest BCUT2D eigenvalue weighted by Crippen LogP contribution is 2.26. The number of para-hydroxylation sites is 1. The fourth-order valence-electron chi connectivity index (χ4n) is 3.84. The highest BCUT2D eigenvalue weighted by molar-refractivity contribution is 7.99. The molecule has 6 heteroatoms. The van der Waals surface area contributed by atoms with Crippen LogP contribution in [0.5, 0.6) is 0 Å². The molecule has 0 N–H and O–H groups in total. The van der Waals surface area contributed by atoms with E-state index < -0.39 is 0 Å². The molecule has 1 aliphatic rings. The molecular formula is C25H29N3O2S. The van der Waals surface area contributed by atoms with Gasteiger partial charge in [-0.3, -0.25) is 4.79 Å². The molecule has 0 spiro atoms. The lowest BCUT2D eigenvalue weighted by atomic mass is 10.2. The van der Waals surface area contributed by atoms with Crippen LogP contribution in [0.4, 0.5) is 5.69 Å². The number of nitrogens with zero attached hydrogens (tertiary/aromatic N) is 3. The molecule has 1 fully saturated rings. The molecule has 5 nitrogen and oxygen atoms in total. The smallest absolute Gasteiger partial charge is 0.237 e. The number of carbonyl (C=O) groups is 1. The summed E-state index contributed by atoms with van der Waals surface area (Å²) in [6, 6.07) is 20.0. The Hall–Kier alpha value is -2.57. The maximum atomic E-state index is 13.3.